The van der Waals surface area contributed by atoms with Crippen molar-refractivity contribution in [3.8, 4) is 0 Å². The maximum absolute atomic E-state index is 14.7. The number of cyclic esters (lactones) is 1. The van der Waals surface area contributed by atoms with Crippen LogP contribution in [0, 0.1) is 45.3 Å². The van der Waals surface area contributed by atoms with Crippen LogP contribution >= 0.6 is 0 Å². The Balaban J connectivity index is 0.861. The molecule has 11 rings (SSSR count). The number of rotatable bonds is 20. The van der Waals surface area contributed by atoms with Crippen LogP contribution in [-0.2, 0) is 71.1 Å². The van der Waals surface area contributed by atoms with Crippen LogP contribution < -0.4 is 0 Å². The molecular formula is C67H108O31. The Labute approximate surface area is 569 Å². The molecule has 31 nitrogen and oxygen atoms in total. The first kappa shape index (κ1) is 76.9. The molecule has 0 bridgehead atoms. The van der Waals surface area contributed by atoms with Crippen LogP contribution in [-0.4, -0.2) is 325 Å². The minimum absolute atomic E-state index is 0.0667. The fourth-order valence-electron chi connectivity index (χ4n) is 19.7. The van der Waals surface area contributed by atoms with Crippen molar-refractivity contribution in [2.75, 3.05) is 47.3 Å². The van der Waals surface area contributed by atoms with Crippen molar-refractivity contribution in [1.29, 1.82) is 0 Å². The molecule has 4 aliphatic carbocycles. The average molecular weight is 1410 g/mol. The zero-order valence-electron chi connectivity index (χ0n) is 57.3. The van der Waals surface area contributed by atoms with E-state index in [1.54, 1.807) is 0 Å². The molecule has 0 aromatic rings. The summed E-state index contributed by atoms with van der Waals surface area (Å²) < 4.78 is 84.2. The highest BCUT2D eigenvalue weighted by Crippen LogP contribution is 2.76. The molecular weight excluding hydrogens is 1300 g/mol. The molecule has 562 valence electrons. The Morgan fingerprint density at radius 1 is 0.531 bits per heavy atom. The molecule has 0 unspecified atom stereocenters. The fourth-order valence-corrected chi connectivity index (χ4v) is 19.7. The average Bonchev–Trinajstić information content (AvgIpc) is 1.46. The molecule has 0 aromatic carbocycles. The topological polar surface area (TPSA) is 470 Å². The van der Waals surface area contributed by atoms with Gasteiger partial charge in [-0.15, -0.1) is 0 Å². The van der Waals surface area contributed by atoms with Crippen LogP contribution in [0.15, 0.2) is 23.3 Å². The number of allylic oxidation sites excluding steroid dienone is 3. The first-order valence-corrected chi connectivity index (χ1v) is 34.7. The van der Waals surface area contributed by atoms with E-state index in [0.29, 0.717) is 38.5 Å². The molecule has 7 saturated heterocycles. The summed E-state index contributed by atoms with van der Waals surface area (Å²) in [6.07, 6.45) is -39.8. The highest BCUT2D eigenvalue weighted by Gasteiger charge is 2.79. The molecule has 10 fully saturated rings. The third-order valence-corrected chi connectivity index (χ3v) is 25.0. The smallest absolute Gasteiger partial charge is 0.316 e. The van der Waals surface area contributed by atoms with E-state index in [4.69, 9.17) is 66.3 Å². The quantitative estimate of drug-likeness (QED) is 0.0410. The second-order valence-corrected chi connectivity index (χ2v) is 30.8. The summed E-state index contributed by atoms with van der Waals surface area (Å²) in [5, 5.41) is 181. The van der Waals surface area contributed by atoms with Crippen molar-refractivity contribution in [3.63, 3.8) is 0 Å². The maximum atomic E-state index is 14.7. The van der Waals surface area contributed by atoms with E-state index in [9.17, 15) is 86.5 Å². The number of aliphatic hydroxyl groups excluding tert-OH is 16. The van der Waals surface area contributed by atoms with Gasteiger partial charge in [-0.05, 0) is 113 Å². The minimum Gasteiger partial charge on any atom is -0.458 e. The number of hydrogen-bond donors (Lipinski definition) is 16. The molecule has 38 atom stereocenters. The van der Waals surface area contributed by atoms with Gasteiger partial charge in [-0.3, -0.25) is 4.79 Å². The van der Waals surface area contributed by atoms with Gasteiger partial charge in [0.1, 0.15) is 145 Å². The van der Waals surface area contributed by atoms with Crippen molar-refractivity contribution in [2.24, 2.45) is 45.3 Å². The van der Waals surface area contributed by atoms with Gasteiger partial charge in [0.15, 0.2) is 31.5 Å². The zero-order chi connectivity index (χ0) is 71.4. The van der Waals surface area contributed by atoms with E-state index in [2.05, 4.69) is 33.8 Å². The van der Waals surface area contributed by atoms with E-state index in [1.165, 1.54) is 26.7 Å². The lowest BCUT2D eigenvalue weighted by Gasteiger charge is -2.65. The second-order valence-electron chi connectivity index (χ2n) is 30.8. The molecule has 31 heteroatoms. The third kappa shape index (κ3) is 12.8. The van der Waals surface area contributed by atoms with E-state index in [1.807, 2.05) is 26.8 Å². The number of esters is 1. The Morgan fingerprint density at radius 3 is 1.50 bits per heavy atom. The summed E-state index contributed by atoms with van der Waals surface area (Å²) in [6, 6.07) is 0. The van der Waals surface area contributed by atoms with Crippen LogP contribution in [0.5, 0.6) is 0 Å². The number of carbonyl (C=O) groups is 1. The number of ether oxygens (including phenoxy) is 14. The Morgan fingerprint density at radius 2 is 1.00 bits per heavy atom. The van der Waals surface area contributed by atoms with Crippen LogP contribution in [0.1, 0.15) is 107 Å². The highest BCUT2D eigenvalue weighted by atomic mass is 16.8. The van der Waals surface area contributed by atoms with Crippen molar-refractivity contribution in [2.45, 2.75) is 296 Å². The minimum atomic E-state index is -2.04. The summed E-state index contributed by atoms with van der Waals surface area (Å²) in [6.45, 7) is 12.5. The first-order chi connectivity index (χ1) is 46.3. The number of aliphatic hydroxyl groups is 16. The Kier molecular flexibility index (Phi) is 23.2. The Hall–Kier alpha value is -2.21. The van der Waals surface area contributed by atoms with Gasteiger partial charge in [0.05, 0.1) is 51.3 Å². The van der Waals surface area contributed by atoms with E-state index < -0.39 is 250 Å². The van der Waals surface area contributed by atoms with E-state index in [-0.39, 0.29) is 23.7 Å². The molecule has 0 radical (unpaired) electrons. The number of methoxy groups -OCH3 is 2. The SMILES string of the molecule is CO[C@@H]1[C@@H](O)[C@H](O[C@@H]2[C@@H](O)[C@H](O[C@H]3[C@H](O)[C@@H](O)[C@H](O[C@@H]4[C@@H](O)[C@H](O[C@@H]5O[C@H](CO)[C@@H](O)[C@H](O[C@@H]6O[C@H](CO)[C@@H](O)[C@H](OC)[C@H]6O)[C@H]5O)CO[C@H]4[C@H]4CC[C@]5(C)C6=C[C@H](O)[C@]78C(=O)O[C@@](C)(CCC=C(C)C)[C@H]7CC[C@@]8(C)[C@@H]6CC[C@H]5C4(C)C)O[C@@H]3C)O[C@H](CO)[C@H]2O)O[C@H](CO)[C@H]1O. The standard InChI is InChI=1S/C67H108O31/c1-26(2)12-11-17-66(8)37-16-19-65(7)28-13-14-36-63(4,5)29(15-18-64(36,6)30(28)20-38(72)67(37,65)62(84)98-66)51-56(43(77)35(25-87-51)93-58-48(82)54(41(75)33(23-70)89-58)95-59-46(80)52(85-9)39(73)31(21-68)90-59)97-57-45(79)44(78)50(27(3)88-57)94-61-49(83)55(42(76)34(24-71)92-61)96-60-47(81)53(86-10)40(74)32(22-69)91-60/h12,20,27-29,31-61,68-83H,11,13-19,21-25H2,1-10H3/t27-,28-,29-,31-,32-,33-,34-,35-,36+,37-,38+,39-,40-,41-,42-,43+,44-,45-,46-,47-,48-,49-,50-,51+,52+,53+,54+,55+,56-,57+,58+,59+,60+,61+,64-,65+,66+,67+/m1/s1. The maximum Gasteiger partial charge on any atom is 0.316 e. The van der Waals surface area contributed by atoms with Crippen LogP contribution in [0.2, 0.25) is 0 Å². The van der Waals surface area contributed by atoms with Gasteiger partial charge in [0.2, 0.25) is 0 Å². The second kappa shape index (κ2) is 29.6. The predicted molar refractivity (Wildman–Crippen MR) is 330 cm³/mol. The molecule has 7 heterocycles. The van der Waals surface area contributed by atoms with Gasteiger partial charge in [-0.1, -0.05) is 51.0 Å². The van der Waals surface area contributed by atoms with Gasteiger partial charge in [0.25, 0.3) is 0 Å². The van der Waals surface area contributed by atoms with E-state index >= 15 is 0 Å². The molecule has 0 aromatic heterocycles. The molecule has 0 amide bonds. The first-order valence-electron chi connectivity index (χ1n) is 34.7. The van der Waals surface area contributed by atoms with Gasteiger partial charge in [-0.25, -0.2) is 0 Å². The molecule has 98 heavy (non-hydrogen) atoms. The molecule has 11 aliphatic rings. The largest absolute Gasteiger partial charge is 0.458 e. The van der Waals surface area contributed by atoms with Gasteiger partial charge in [0, 0.05) is 20.1 Å². The summed E-state index contributed by atoms with van der Waals surface area (Å²) in [4.78, 5) is 14.7. The molecule has 16 N–H and O–H groups in total. The molecule has 1 spiro atoms. The van der Waals surface area contributed by atoms with E-state index in [0.717, 1.165) is 18.4 Å². The van der Waals surface area contributed by atoms with Gasteiger partial charge < -0.3 is 148 Å². The predicted octanol–water partition coefficient (Wildman–Crippen LogP) is -3.84. The van der Waals surface area contributed by atoms with Gasteiger partial charge >= 0.3 is 5.97 Å². The third-order valence-electron chi connectivity index (χ3n) is 25.0. The normalized spacial score (nSPS) is 53.2. The monoisotopic (exact) mass is 1410 g/mol. The zero-order valence-corrected chi connectivity index (χ0v) is 57.3. The highest BCUT2D eigenvalue weighted by molar-refractivity contribution is 5.84. The van der Waals surface area contributed by atoms with Crippen LogP contribution in [0.3, 0.4) is 0 Å². The lowest BCUT2D eigenvalue weighted by Crippen LogP contribution is -2.68. The molecule has 7 aliphatic heterocycles. The summed E-state index contributed by atoms with van der Waals surface area (Å²) >= 11 is 0. The van der Waals surface area contributed by atoms with Crippen molar-refractivity contribution >= 4 is 5.97 Å². The fraction of sp³-hybridized carbons (Fsp3) is 0.925. The summed E-state index contributed by atoms with van der Waals surface area (Å²) in [5.74, 6) is -1.21. The Bertz CT molecular complexity index is 2780. The number of carbonyl (C=O) groups excluding carboxylic acids is 1. The lowest BCUT2D eigenvalue weighted by atomic mass is 9.39. The number of hydrogen-bond acceptors (Lipinski definition) is 31. The van der Waals surface area contributed by atoms with Crippen molar-refractivity contribution < 1.29 is 153 Å². The van der Waals surface area contributed by atoms with Crippen molar-refractivity contribution in [1.82, 2.24) is 0 Å². The van der Waals surface area contributed by atoms with Crippen LogP contribution in [0.25, 0.3) is 0 Å². The summed E-state index contributed by atoms with van der Waals surface area (Å²) in [7, 11) is 2.38. The summed E-state index contributed by atoms with van der Waals surface area (Å²) in [5.41, 5.74) is -1.51. The van der Waals surface area contributed by atoms with Crippen molar-refractivity contribution in [3.05, 3.63) is 23.3 Å². The van der Waals surface area contributed by atoms with Crippen LogP contribution in [0.4, 0.5) is 0 Å². The molecule has 3 saturated carbocycles. The number of fused-ring (bicyclic) bond motifs is 4. The van der Waals surface area contributed by atoms with Gasteiger partial charge in [-0.2, -0.15) is 0 Å². The lowest BCUT2D eigenvalue weighted by molar-refractivity contribution is -0.388.